The number of halogens is 1. The lowest BCUT2D eigenvalue weighted by molar-refractivity contribution is 0.170. The maximum Gasteiger partial charge on any atom is 0.456 e. The second kappa shape index (κ2) is 9.45. The van der Waals surface area contributed by atoms with E-state index in [2.05, 4.69) is 0 Å². The topological polar surface area (TPSA) is 83.8 Å². The van der Waals surface area contributed by atoms with Gasteiger partial charge in [-0.3, -0.25) is 0 Å². The van der Waals surface area contributed by atoms with Crippen LogP contribution >= 0.6 is 0 Å². The fraction of sp³-hybridized carbons (Fsp3) is 0.360. The molecule has 0 saturated carbocycles. The van der Waals surface area contributed by atoms with Crippen molar-refractivity contribution in [1.82, 2.24) is 0 Å². The Labute approximate surface area is 194 Å². The fourth-order valence-corrected chi connectivity index (χ4v) is 7.05. The van der Waals surface area contributed by atoms with Crippen LogP contribution in [0.15, 0.2) is 59.7 Å². The molecule has 0 unspecified atom stereocenters. The Bertz CT molecular complexity index is 1190. The zero-order valence-corrected chi connectivity index (χ0v) is 19.6. The summed E-state index contributed by atoms with van der Waals surface area (Å²) < 4.78 is 45.3. The maximum absolute atomic E-state index is 13.9. The van der Waals surface area contributed by atoms with Gasteiger partial charge in [-0.15, -0.1) is 0 Å². The van der Waals surface area contributed by atoms with Gasteiger partial charge in [0.05, 0.1) is 17.1 Å². The predicted molar refractivity (Wildman–Crippen MR) is 129 cm³/mol. The molecule has 1 fully saturated rings. The van der Waals surface area contributed by atoms with Gasteiger partial charge in [-0.05, 0) is 58.7 Å². The summed E-state index contributed by atoms with van der Waals surface area (Å²) in [6, 6.07) is 13.9. The molecule has 174 valence electrons. The van der Waals surface area contributed by atoms with Crippen molar-refractivity contribution in [2.75, 3.05) is 5.75 Å². The number of aromatic hydroxyl groups is 1. The Morgan fingerprint density at radius 1 is 1.24 bits per heavy atom. The molecule has 2 atom stereocenters. The standard InChI is InChI=1S/C25H28BFO5S/c1-16(2)20-15-33(30,31)24-14-26(29)32-23(25(20)24)11-9-19(18-6-4-3-5-7-18)12-17-8-10-22(28)21(27)13-17/h3-8,10,12-13,16,23-24,28-29H,9,11,14-15H2,1-2H3/b19-12-/t23-,24+/m1/s1. The second-order valence-corrected chi connectivity index (χ2v) is 11.2. The summed E-state index contributed by atoms with van der Waals surface area (Å²) in [5.74, 6) is -1.00. The molecule has 0 aromatic heterocycles. The third-order valence-corrected chi connectivity index (χ3v) is 8.45. The lowest BCUT2D eigenvalue weighted by Gasteiger charge is -2.32. The van der Waals surface area contributed by atoms with Crippen LogP contribution in [0.1, 0.15) is 37.8 Å². The number of hydrogen-bond acceptors (Lipinski definition) is 5. The first-order chi connectivity index (χ1) is 15.7. The molecule has 2 aliphatic rings. The van der Waals surface area contributed by atoms with Gasteiger partial charge in [-0.25, -0.2) is 12.8 Å². The van der Waals surface area contributed by atoms with Crippen LogP contribution in [0.4, 0.5) is 4.39 Å². The monoisotopic (exact) mass is 470 g/mol. The predicted octanol–water partition coefficient (Wildman–Crippen LogP) is 4.48. The van der Waals surface area contributed by atoms with Crippen LogP contribution in [0.25, 0.3) is 11.6 Å². The number of benzene rings is 2. The van der Waals surface area contributed by atoms with Gasteiger partial charge in [0, 0.05) is 6.32 Å². The number of rotatable bonds is 6. The van der Waals surface area contributed by atoms with Gasteiger partial charge in [0.25, 0.3) is 0 Å². The number of fused-ring (bicyclic) bond motifs is 1. The van der Waals surface area contributed by atoms with Crippen LogP contribution < -0.4 is 0 Å². The first-order valence-corrected chi connectivity index (χ1v) is 12.9. The highest BCUT2D eigenvalue weighted by molar-refractivity contribution is 7.92. The molecule has 0 aliphatic carbocycles. The summed E-state index contributed by atoms with van der Waals surface area (Å²) in [5.41, 5.74) is 4.18. The first-order valence-electron chi connectivity index (χ1n) is 11.2. The molecule has 2 aromatic rings. The molecule has 0 spiro atoms. The van der Waals surface area contributed by atoms with E-state index in [9.17, 15) is 22.9 Å². The average molecular weight is 470 g/mol. The Kier molecular flexibility index (Phi) is 6.79. The van der Waals surface area contributed by atoms with E-state index in [0.29, 0.717) is 18.4 Å². The van der Waals surface area contributed by atoms with Gasteiger partial charge in [0.1, 0.15) is 0 Å². The van der Waals surface area contributed by atoms with Gasteiger partial charge in [-0.1, -0.05) is 56.3 Å². The van der Waals surface area contributed by atoms with Crippen molar-refractivity contribution in [2.45, 2.75) is 44.4 Å². The van der Waals surface area contributed by atoms with Crippen molar-refractivity contribution < 1.29 is 27.6 Å². The largest absolute Gasteiger partial charge is 0.505 e. The molecule has 8 heteroatoms. The van der Waals surface area contributed by atoms with E-state index in [-0.39, 0.29) is 18.0 Å². The number of phenolic OH excluding ortho intramolecular Hbond substituents is 1. The molecular formula is C25H28BFO5S. The van der Waals surface area contributed by atoms with Crippen molar-refractivity contribution in [3.8, 4) is 5.75 Å². The Morgan fingerprint density at radius 2 is 1.97 bits per heavy atom. The van der Waals surface area contributed by atoms with Crippen LogP contribution in [0.2, 0.25) is 6.32 Å². The number of allylic oxidation sites excluding steroid dienone is 1. The van der Waals surface area contributed by atoms with Crippen LogP contribution in [-0.4, -0.2) is 42.8 Å². The summed E-state index contributed by atoms with van der Waals surface area (Å²) in [6.07, 6.45) is 2.44. The fourth-order valence-electron chi connectivity index (χ4n) is 4.77. The van der Waals surface area contributed by atoms with E-state index >= 15 is 0 Å². The van der Waals surface area contributed by atoms with Gasteiger partial charge in [0.15, 0.2) is 21.4 Å². The van der Waals surface area contributed by atoms with Crippen molar-refractivity contribution in [2.24, 2.45) is 5.92 Å². The lowest BCUT2D eigenvalue weighted by atomic mass is 9.73. The quantitative estimate of drug-likeness (QED) is 0.370. The molecule has 1 saturated heterocycles. The summed E-state index contributed by atoms with van der Waals surface area (Å²) >= 11 is 0. The van der Waals surface area contributed by atoms with Crippen molar-refractivity contribution >= 4 is 28.6 Å². The van der Waals surface area contributed by atoms with Gasteiger partial charge in [-0.2, -0.15) is 0 Å². The van der Waals surface area contributed by atoms with Crippen molar-refractivity contribution in [3.05, 3.63) is 76.6 Å². The maximum atomic E-state index is 13.9. The van der Waals surface area contributed by atoms with E-state index < -0.39 is 39.9 Å². The highest BCUT2D eigenvalue weighted by atomic mass is 32.2. The molecule has 33 heavy (non-hydrogen) atoms. The highest BCUT2D eigenvalue weighted by Gasteiger charge is 2.48. The van der Waals surface area contributed by atoms with E-state index in [4.69, 9.17) is 4.65 Å². The van der Waals surface area contributed by atoms with Crippen molar-refractivity contribution in [1.29, 1.82) is 0 Å². The third-order valence-electron chi connectivity index (χ3n) is 6.42. The van der Waals surface area contributed by atoms with E-state index in [1.165, 1.54) is 12.1 Å². The first kappa shape index (κ1) is 23.7. The van der Waals surface area contributed by atoms with Gasteiger partial charge >= 0.3 is 7.12 Å². The zero-order valence-electron chi connectivity index (χ0n) is 18.7. The molecule has 2 aromatic carbocycles. The minimum Gasteiger partial charge on any atom is -0.505 e. The average Bonchev–Trinajstić information content (AvgIpc) is 3.05. The second-order valence-electron chi connectivity index (χ2n) is 9.03. The summed E-state index contributed by atoms with van der Waals surface area (Å²) in [7, 11) is -4.47. The lowest BCUT2D eigenvalue weighted by Crippen LogP contribution is -2.42. The minimum absolute atomic E-state index is 0.0193. The van der Waals surface area contributed by atoms with E-state index in [0.717, 1.165) is 22.3 Å². The number of sulfone groups is 1. The molecule has 4 rings (SSSR count). The smallest absolute Gasteiger partial charge is 0.456 e. The van der Waals surface area contributed by atoms with Gasteiger partial charge in [0.2, 0.25) is 0 Å². The molecule has 5 nitrogen and oxygen atoms in total. The van der Waals surface area contributed by atoms with E-state index in [1.54, 1.807) is 6.07 Å². The molecule has 2 heterocycles. The van der Waals surface area contributed by atoms with Crippen LogP contribution in [0, 0.1) is 11.7 Å². The Hall–Kier alpha value is -2.42. The number of phenols is 1. The van der Waals surface area contributed by atoms with Crippen LogP contribution in [0.5, 0.6) is 5.75 Å². The van der Waals surface area contributed by atoms with E-state index in [1.807, 2.05) is 50.3 Å². The Morgan fingerprint density at radius 3 is 2.64 bits per heavy atom. The number of hydrogen-bond donors (Lipinski definition) is 2. The van der Waals surface area contributed by atoms with Crippen LogP contribution in [0.3, 0.4) is 0 Å². The summed E-state index contributed by atoms with van der Waals surface area (Å²) in [5, 5.41) is 19.1. The Balaban J connectivity index is 1.66. The minimum atomic E-state index is -3.35. The highest BCUT2D eigenvalue weighted by Crippen LogP contribution is 2.42. The molecule has 0 amide bonds. The van der Waals surface area contributed by atoms with Crippen molar-refractivity contribution in [3.63, 3.8) is 0 Å². The molecule has 0 bridgehead atoms. The molecule has 2 N–H and O–H groups in total. The van der Waals surface area contributed by atoms with Crippen LogP contribution in [-0.2, 0) is 14.5 Å². The normalized spacial score (nSPS) is 22.7. The van der Waals surface area contributed by atoms with Gasteiger partial charge < -0.3 is 14.8 Å². The SMILES string of the molecule is CC(C)C1=C2[C@@H](CC/C(=C/c3ccc(O)c(F)c3)c3ccccc3)OB(O)C[C@@H]2S(=O)(=O)C1. The molecular weight excluding hydrogens is 442 g/mol. The molecule has 0 radical (unpaired) electrons. The molecule has 2 aliphatic heterocycles. The summed E-state index contributed by atoms with van der Waals surface area (Å²) in [4.78, 5) is 0. The zero-order chi connectivity index (χ0) is 23.8. The third kappa shape index (κ3) is 5.08. The summed E-state index contributed by atoms with van der Waals surface area (Å²) in [6.45, 7) is 3.97.